The van der Waals surface area contributed by atoms with E-state index >= 15 is 0 Å². The molecule has 2 aromatic carbocycles. The van der Waals surface area contributed by atoms with Crippen LogP contribution < -0.4 is 0 Å². The number of hydrogen-bond acceptors (Lipinski definition) is 4. The maximum absolute atomic E-state index is 12.2. The quantitative estimate of drug-likeness (QED) is 0.448. The molecule has 3 rings (SSSR count). The zero-order chi connectivity index (χ0) is 20.9. The second kappa shape index (κ2) is 8.72. The van der Waals surface area contributed by atoms with E-state index in [1.165, 1.54) is 7.11 Å². The first-order valence-electron chi connectivity index (χ1n) is 9.68. The van der Waals surface area contributed by atoms with Gasteiger partial charge in [-0.3, -0.25) is 0 Å². The van der Waals surface area contributed by atoms with Crippen molar-refractivity contribution in [3.8, 4) is 0 Å². The molecule has 0 atom stereocenters. The van der Waals surface area contributed by atoms with Crippen molar-refractivity contribution in [2.24, 2.45) is 0 Å². The van der Waals surface area contributed by atoms with Gasteiger partial charge in [-0.2, -0.15) is 0 Å². The lowest BCUT2D eigenvalue weighted by Crippen LogP contribution is -2.37. The number of hydrogen-bond donors (Lipinski definition) is 0. The molecule has 0 aliphatic rings. The molecule has 0 N–H and O–H groups in total. The van der Waals surface area contributed by atoms with Gasteiger partial charge in [0.2, 0.25) is 0 Å². The molecule has 0 amide bonds. The van der Waals surface area contributed by atoms with Crippen LogP contribution >= 0.6 is 0 Å². The fourth-order valence-corrected chi connectivity index (χ4v) is 4.35. The number of benzene rings is 2. The summed E-state index contributed by atoms with van der Waals surface area (Å²) in [6, 6.07) is 25.6. The van der Waals surface area contributed by atoms with Crippen molar-refractivity contribution in [2.75, 3.05) is 7.11 Å². The number of nitrogens with zero attached hydrogens (tertiary/aromatic N) is 1. The Bertz CT molecular complexity index is 913. The molecule has 1 heterocycles. The van der Waals surface area contributed by atoms with E-state index in [0.29, 0.717) is 5.69 Å². The predicted octanol–water partition coefficient (Wildman–Crippen LogP) is 4.48. The first kappa shape index (κ1) is 21.0. The molecule has 0 radical (unpaired) electrons. The highest BCUT2D eigenvalue weighted by molar-refractivity contribution is 6.32. The first-order chi connectivity index (χ1) is 13.9. The van der Waals surface area contributed by atoms with E-state index < -0.39 is 21.3 Å². The van der Waals surface area contributed by atoms with Crippen LogP contribution in [0.2, 0.25) is 5.04 Å². The SMILES string of the molecule is COC(=O)c1cccc(C(O[SiH2]C(C)(C)C)(c2ccccc2)c2ccccc2)n1. The third-order valence-electron chi connectivity index (χ3n) is 4.59. The molecule has 0 saturated heterocycles. The summed E-state index contributed by atoms with van der Waals surface area (Å²) >= 11 is 0. The summed E-state index contributed by atoms with van der Waals surface area (Å²) in [5.74, 6) is -0.463. The highest BCUT2D eigenvalue weighted by atomic mass is 28.2. The van der Waals surface area contributed by atoms with Crippen molar-refractivity contribution in [1.29, 1.82) is 0 Å². The van der Waals surface area contributed by atoms with Crippen LogP contribution in [-0.4, -0.2) is 27.8 Å². The smallest absolute Gasteiger partial charge is 0.356 e. The number of methoxy groups -OCH3 is 1. The molecule has 1 aromatic heterocycles. The monoisotopic (exact) mass is 405 g/mol. The van der Waals surface area contributed by atoms with Crippen molar-refractivity contribution in [2.45, 2.75) is 31.4 Å². The molecule has 0 aliphatic carbocycles. The van der Waals surface area contributed by atoms with Gasteiger partial charge in [-0.1, -0.05) is 87.5 Å². The summed E-state index contributed by atoms with van der Waals surface area (Å²) < 4.78 is 11.7. The molecular weight excluding hydrogens is 378 g/mol. The van der Waals surface area contributed by atoms with Crippen LogP contribution in [0.15, 0.2) is 78.9 Å². The third kappa shape index (κ3) is 4.63. The summed E-state index contributed by atoms with van der Waals surface area (Å²) in [5.41, 5.74) is 2.01. The lowest BCUT2D eigenvalue weighted by atomic mass is 9.83. The fourth-order valence-electron chi connectivity index (χ4n) is 3.22. The van der Waals surface area contributed by atoms with Crippen LogP contribution in [0, 0.1) is 0 Å². The van der Waals surface area contributed by atoms with Crippen molar-refractivity contribution in [3.05, 3.63) is 101 Å². The van der Waals surface area contributed by atoms with E-state index in [1.807, 2.05) is 48.5 Å². The highest BCUT2D eigenvalue weighted by Crippen LogP contribution is 2.41. The normalized spacial score (nSPS) is 12.3. The van der Waals surface area contributed by atoms with Gasteiger partial charge in [-0.05, 0) is 28.3 Å². The molecule has 0 spiro atoms. The Morgan fingerprint density at radius 2 is 1.38 bits per heavy atom. The maximum Gasteiger partial charge on any atom is 0.356 e. The third-order valence-corrected chi connectivity index (χ3v) is 6.03. The predicted molar refractivity (Wildman–Crippen MR) is 118 cm³/mol. The number of carbonyl (C=O) groups is 1. The van der Waals surface area contributed by atoms with Crippen molar-refractivity contribution in [3.63, 3.8) is 0 Å². The average molecular weight is 406 g/mol. The van der Waals surface area contributed by atoms with Crippen molar-refractivity contribution in [1.82, 2.24) is 4.98 Å². The van der Waals surface area contributed by atoms with Gasteiger partial charge in [-0.15, -0.1) is 0 Å². The number of carbonyl (C=O) groups excluding carboxylic acids is 1. The minimum atomic E-state index is -0.979. The van der Waals surface area contributed by atoms with Crippen LogP contribution in [0.1, 0.15) is 48.1 Å². The van der Waals surface area contributed by atoms with E-state index in [2.05, 4.69) is 45.0 Å². The van der Waals surface area contributed by atoms with Gasteiger partial charge in [0, 0.05) is 0 Å². The largest absolute Gasteiger partial charge is 0.464 e. The Morgan fingerprint density at radius 3 is 1.86 bits per heavy atom. The molecule has 0 unspecified atom stereocenters. The Balaban J connectivity index is 2.28. The number of aromatic nitrogens is 1. The minimum Gasteiger partial charge on any atom is -0.464 e. The second-order valence-electron chi connectivity index (χ2n) is 8.16. The zero-order valence-corrected chi connectivity index (χ0v) is 18.8. The number of esters is 1. The van der Waals surface area contributed by atoms with Gasteiger partial charge in [0.25, 0.3) is 0 Å². The van der Waals surface area contributed by atoms with Gasteiger partial charge in [0.15, 0.2) is 9.76 Å². The molecule has 29 heavy (non-hydrogen) atoms. The molecule has 0 fully saturated rings. The van der Waals surface area contributed by atoms with Gasteiger partial charge in [0.05, 0.1) is 12.8 Å². The Hall–Kier alpha value is -2.76. The van der Waals surface area contributed by atoms with Crippen molar-refractivity contribution >= 4 is 15.7 Å². The Morgan fingerprint density at radius 1 is 0.828 bits per heavy atom. The topological polar surface area (TPSA) is 48.4 Å². The molecular formula is C24H27NO3Si. The van der Waals surface area contributed by atoms with Crippen LogP contribution in [-0.2, 0) is 14.8 Å². The highest BCUT2D eigenvalue weighted by Gasteiger charge is 2.40. The van der Waals surface area contributed by atoms with E-state index in [0.717, 1.165) is 11.1 Å². The van der Waals surface area contributed by atoms with E-state index in [4.69, 9.17) is 14.1 Å². The van der Waals surface area contributed by atoms with Crippen LogP contribution in [0.3, 0.4) is 0 Å². The number of rotatable bonds is 6. The Labute approximate surface area is 174 Å². The Kier molecular flexibility index (Phi) is 6.30. The minimum absolute atomic E-state index is 0.0781. The lowest BCUT2D eigenvalue weighted by molar-refractivity contribution is 0.0592. The lowest BCUT2D eigenvalue weighted by Gasteiger charge is -2.37. The van der Waals surface area contributed by atoms with Crippen LogP contribution in [0.4, 0.5) is 0 Å². The molecule has 0 aliphatic heterocycles. The van der Waals surface area contributed by atoms with E-state index in [1.54, 1.807) is 6.07 Å². The van der Waals surface area contributed by atoms with Gasteiger partial charge in [0.1, 0.15) is 11.3 Å². The standard InChI is InChI=1S/C24H27NO3Si/c1-23(2,3)29-28-24(18-12-7-5-8-13-18,19-14-9-6-10-15-19)21-17-11-16-20(25-21)22(26)27-4/h5-17H,29H2,1-4H3. The summed E-state index contributed by atoms with van der Waals surface area (Å²) in [4.78, 5) is 16.9. The molecule has 0 saturated carbocycles. The molecule has 150 valence electrons. The number of ether oxygens (including phenoxy) is 1. The summed E-state index contributed by atoms with van der Waals surface area (Å²) in [7, 11) is 0.383. The van der Waals surface area contributed by atoms with Crippen LogP contribution in [0.25, 0.3) is 0 Å². The summed E-state index contributed by atoms with van der Waals surface area (Å²) in [5, 5.41) is 0.0781. The average Bonchev–Trinajstić information content (AvgIpc) is 2.74. The maximum atomic E-state index is 12.2. The molecule has 0 bridgehead atoms. The molecule has 5 heteroatoms. The second-order valence-corrected chi connectivity index (χ2v) is 10.9. The van der Waals surface area contributed by atoms with Gasteiger partial charge < -0.3 is 9.16 Å². The summed E-state index contributed by atoms with van der Waals surface area (Å²) in [6.45, 7) is 6.58. The van der Waals surface area contributed by atoms with Gasteiger partial charge in [-0.25, -0.2) is 9.78 Å². The zero-order valence-electron chi connectivity index (χ0n) is 17.4. The first-order valence-corrected chi connectivity index (χ1v) is 11.0. The number of pyridine rings is 1. The fraction of sp³-hybridized carbons (Fsp3) is 0.250. The van der Waals surface area contributed by atoms with Gasteiger partial charge >= 0.3 is 5.97 Å². The van der Waals surface area contributed by atoms with Crippen LogP contribution in [0.5, 0.6) is 0 Å². The van der Waals surface area contributed by atoms with E-state index in [9.17, 15) is 4.79 Å². The summed E-state index contributed by atoms with van der Waals surface area (Å²) in [6.07, 6.45) is 0. The molecule has 3 aromatic rings. The molecule has 4 nitrogen and oxygen atoms in total. The van der Waals surface area contributed by atoms with E-state index in [-0.39, 0.29) is 10.7 Å². The van der Waals surface area contributed by atoms with Crippen molar-refractivity contribution < 1.29 is 14.0 Å².